The van der Waals surface area contributed by atoms with Gasteiger partial charge in [-0.3, -0.25) is 0 Å². The van der Waals surface area contributed by atoms with Gasteiger partial charge in [-0.05, 0) is 30.4 Å². The second kappa shape index (κ2) is 5.98. The smallest absolute Gasteiger partial charge is 0.366 e. The quantitative estimate of drug-likeness (QED) is 0.842. The van der Waals surface area contributed by atoms with Crippen LogP contribution >= 0.6 is 8.25 Å². The van der Waals surface area contributed by atoms with E-state index in [0.717, 1.165) is 35.7 Å². The molecule has 1 aromatic heterocycles. The van der Waals surface area contributed by atoms with Crippen molar-refractivity contribution in [1.82, 2.24) is 4.98 Å². The monoisotopic (exact) mass is 265 g/mol. The lowest BCUT2D eigenvalue weighted by Gasteiger charge is -2.08. The van der Waals surface area contributed by atoms with Crippen LogP contribution in [-0.2, 0) is 11.0 Å². The third-order valence-electron chi connectivity index (χ3n) is 2.73. The summed E-state index contributed by atoms with van der Waals surface area (Å²) in [6.07, 6.45) is 2.98. The normalized spacial score (nSPS) is 12.6. The molecule has 0 aliphatic heterocycles. The molecular weight excluding hydrogens is 249 g/mol. The summed E-state index contributed by atoms with van der Waals surface area (Å²) in [5, 5.41) is 1.75. The summed E-state index contributed by atoms with van der Waals surface area (Å²) in [6, 6.07) is 9.58. The number of hydrogen-bond acceptors (Lipinski definition) is 3. The van der Waals surface area contributed by atoms with Gasteiger partial charge in [-0.2, -0.15) is 0 Å². The molecule has 0 amide bonds. The molecule has 18 heavy (non-hydrogen) atoms. The zero-order chi connectivity index (χ0) is 13.0. The van der Waals surface area contributed by atoms with E-state index in [4.69, 9.17) is 9.42 Å². The Hall–Kier alpha value is -1.38. The summed E-state index contributed by atoms with van der Waals surface area (Å²) in [5.74, 6) is 0.255. The molecule has 1 N–H and O–H groups in total. The Balaban J connectivity index is 2.46. The van der Waals surface area contributed by atoms with Crippen LogP contribution in [0.2, 0.25) is 0 Å². The minimum absolute atomic E-state index is 0.255. The number of hydrogen-bond donors (Lipinski definition) is 1. The number of benzene rings is 1. The average molecular weight is 265 g/mol. The van der Waals surface area contributed by atoms with E-state index in [1.165, 1.54) is 0 Å². The Morgan fingerprint density at radius 1 is 1.39 bits per heavy atom. The summed E-state index contributed by atoms with van der Waals surface area (Å²) in [5.41, 5.74) is 0.897. The van der Waals surface area contributed by atoms with E-state index in [1.54, 1.807) is 0 Å². The standard InChI is InChI=1S/C13H16NO3P/c1-2-3-7-11-9-10-6-4-5-8-12(10)13(14-11)17-18(15)16/h4-6,8-9,18H,2-3,7H2,1H3,(H,15,16). The molecule has 4 nitrogen and oxygen atoms in total. The average Bonchev–Trinajstić information content (AvgIpc) is 2.35. The summed E-state index contributed by atoms with van der Waals surface area (Å²) in [4.78, 5) is 13.2. The first-order valence-electron chi connectivity index (χ1n) is 6.00. The lowest BCUT2D eigenvalue weighted by Crippen LogP contribution is -1.94. The minimum atomic E-state index is -3.03. The van der Waals surface area contributed by atoms with Crippen LogP contribution in [0, 0.1) is 0 Å². The zero-order valence-electron chi connectivity index (χ0n) is 10.2. The van der Waals surface area contributed by atoms with Gasteiger partial charge in [-0.15, -0.1) is 0 Å². The molecule has 96 valence electrons. The topological polar surface area (TPSA) is 59.4 Å². The third kappa shape index (κ3) is 3.09. The Labute approximate surface area is 107 Å². The predicted octanol–water partition coefficient (Wildman–Crippen LogP) is 3.34. The van der Waals surface area contributed by atoms with Crippen molar-refractivity contribution >= 4 is 19.0 Å². The summed E-state index contributed by atoms with van der Waals surface area (Å²) < 4.78 is 15.8. The van der Waals surface area contributed by atoms with Gasteiger partial charge in [0.05, 0.1) is 0 Å². The molecule has 0 aliphatic rings. The predicted molar refractivity (Wildman–Crippen MR) is 72.2 cm³/mol. The summed E-state index contributed by atoms with van der Waals surface area (Å²) >= 11 is 0. The molecule has 1 unspecified atom stereocenters. The van der Waals surface area contributed by atoms with Crippen molar-refractivity contribution in [1.29, 1.82) is 0 Å². The van der Waals surface area contributed by atoms with Gasteiger partial charge < -0.3 is 9.42 Å². The van der Waals surface area contributed by atoms with Crippen LogP contribution in [0.3, 0.4) is 0 Å². The van der Waals surface area contributed by atoms with Crippen molar-refractivity contribution in [3.05, 3.63) is 36.0 Å². The van der Waals surface area contributed by atoms with Gasteiger partial charge in [0.2, 0.25) is 5.88 Å². The van der Waals surface area contributed by atoms with Crippen molar-refractivity contribution in [3.8, 4) is 5.88 Å². The van der Waals surface area contributed by atoms with Crippen LogP contribution in [0.1, 0.15) is 25.5 Å². The van der Waals surface area contributed by atoms with Crippen molar-refractivity contribution in [2.24, 2.45) is 0 Å². The second-order valence-corrected chi connectivity index (χ2v) is 4.85. The number of pyridine rings is 1. The first-order chi connectivity index (χ1) is 8.70. The maximum Gasteiger partial charge on any atom is 0.366 e. The van der Waals surface area contributed by atoms with Gasteiger partial charge in [0.1, 0.15) is 0 Å². The van der Waals surface area contributed by atoms with Crippen molar-refractivity contribution < 1.29 is 14.0 Å². The fourth-order valence-electron chi connectivity index (χ4n) is 1.87. The van der Waals surface area contributed by atoms with Gasteiger partial charge >= 0.3 is 8.25 Å². The molecule has 5 heteroatoms. The van der Waals surface area contributed by atoms with Gasteiger partial charge in [0, 0.05) is 11.1 Å². The van der Waals surface area contributed by atoms with E-state index >= 15 is 0 Å². The molecule has 1 atom stereocenters. The lowest BCUT2D eigenvalue weighted by atomic mass is 10.1. The number of fused-ring (bicyclic) bond motifs is 1. The van der Waals surface area contributed by atoms with Crippen LogP contribution in [0.4, 0.5) is 0 Å². The Morgan fingerprint density at radius 3 is 2.89 bits per heavy atom. The van der Waals surface area contributed by atoms with Crippen LogP contribution in [-0.4, -0.2) is 9.88 Å². The molecule has 0 saturated heterocycles. The molecule has 0 aliphatic carbocycles. The number of nitrogens with zero attached hydrogens (tertiary/aromatic N) is 1. The molecule has 2 rings (SSSR count). The van der Waals surface area contributed by atoms with E-state index in [1.807, 2.05) is 30.3 Å². The van der Waals surface area contributed by atoms with Crippen molar-refractivity contribution in [2.75, 3.05) is 0 Å². The highest BCUT2D eigenvalue weighted by molar-refractivity contribution is 7.32. The van der Waals surface area contributed by atoms with Crippen LogP contribution in [0.15, 0.2) is 30.3 Å². The number of aryl methyl sites for hydroxylation is 1. The van der Waals surface area contributed by atoms with Crippen LogP contribution < -0.4 is 4.52 Å². The fourth-order valence-corrected chi connectivity index (χ4v) is 2.19. The molecule has 2 aromatic rings. The molecule has 1 heterocycles. The lowest BCUT2D eigenvalue weighted by molar-refractivity contribution is 0.405. The number of aromatic nitrogens is 1. The zero-order valence-corrected chi connectivity index (χ0v) is 11.2. The maximum atomic E-state index is 10.9. The highest BCUT2D eigenvalue weighted by Crippen LogP contribution is 2.30. The van der Waals surface area contributed by atoms with E-state index < -0.39 is 8.25 Å². The second-order valence-electron chi connectivity index (χ2n) is 4.11. The molecular formula is C13H16NO3P. The van der Waals surface area contributed by atoms with Crippen LogP contribution in [0.25, 0.3) is 10.8 Å². The Morgan fingerprint density at radius 2 is 2.17 bits per heavy atom. The molecule has 1 aromatic carbocycles. The molecule has 0 saturated carbocycles. The first kappa shape index (κ1) is 13.1. The Kier molecular flexibility index (Phi) is 4.34. The fraction of sp³-hybridized carbons (Fsp3) is 0.308. The maximum absolute atomic E-state index is 10.9. The summed E-state index contributed by atoms with van der Waals surface area (Å²) in [7, 11) is -3.03. The van der Waals surface area contributed by atoms with E-state index in [9.17, 15) is 4.57 Å². The number of rotatable bonds is 5. The Bertz CT molecular complexity index is 571. The SMILES string of the molecule is CCCCc1cc2ccccc2c(O[PH](=O)O)n1. The van der Waals surface area contributed by atoms with Crippen LogP contribution in [0.5, 0.6) is 5.88 Å². The van der Waals surface area contributed by atoms with E-state index in [2.05, 4.69) is 11.9 Å². The largest absolute Gasteiger partial charge is 0.407 e. The molecule has 0 spiro atoms. The van der Waals surface area contributed by atoms with Gasteiger partial charge in [0.25, 0.3) is 0 Å². The highest BCUT2D eigenvalue weighted by atomic mass is 31.1. The van der Waals surface area contributed by atoms with Gasteiger partial charge in [-0.1, -0.05) is 31.5 Å². The van der Waals surface area contributed by atoms with E-state index in [0.29, 0.717) is 0 Å². The van der Waals surface area contributed by atoms with Gasteiger partial charge in [-0.25, -0.2) is 9.55 Å². The first-order valence-corrected chi connectivity index (χ1v) is 7.26. The summed E-state index contributed by atoms with van der Waals surface area (Å²) in [6.45, 7) is 2.12. The van der Waals surface area contributed by atoms with E-state index in [-0.39, 0.29) is 5.88 Å². The molecule has 0 radical (unpaired) electrons. The van der Waals surface area contributed by atoms with Crippen molar-refractivity contribution in [2.45, 2.75) is 26.2 Å². The highest BCUT2D eigenvalue weighted by Gasteiger charge is 2.08. The minimum Gasteiger partial charge on any atom is -0.407 e. The molecule has 0 fully saturated rings. The number of unbranched alkanes of at least 4 members (excludes halogenated alkanes) is 1. The third-order valence-corrected chi connectivity index (χ3v) is 3.10. The van der Waals surface area contributed by atoms with Gasteiger partial charge in [0.15, 0.2) is 0 Å². The molecule has 0 bridgehead atoms. The van der Waals surface area contributed by atoms with Crippen molar-refractivity contribution in [3.63, 3.8) is 0 Å².